The number of piperidine rings is 1. The summed E-state index contributed by atoms with van der Waals surface area (Å²) in [5, 5.41) is 15.6. The number of Topliss-reactive ketones (excluding diaryl/α,β-unsaturated/α-hetero) is 1. The topological polar surface area (TPSA) is 119 Å². The van der Waals surface area contributed by atoms with E-state index in [0.29, 0.717) is 48.6 Å². The molecule has 0 spiro atoms. The normalized spacial score (nSPS) is 17.8. The van der Waals surface area contributed by atoms with Crippen molar-refractivity contribution in [2.24, 2.45) is 0 Å². The molecule has 0 unspecified atom stereocenters. The minimum atomic E-state index is -1.06. The van der Waals surface area contributed by atoms with Crippen molar-refractivity contribution in [2.75, 3.05) is 30.3 Å². The van der Waals surface area contributed by atoms with E-state index >= 15 is 0 Å². The zero-order valence-electron chi connectivity index (χ0n) is 21.8. The number of carboxylic acids is 1. The molecule has 3 heterocycles. The molecule has 2 amide bonds. The van der Waals surface area contributed by atoms with E-state index < -0.39 is 5.97 Å². The first-order valence-corrected chi connectivity index (χ1v) is 13.2. The first-order valence-electron chi connectivity index (χ1n) is 13.2. The van der Waals surface area contributed by atoms with Gasteiger partial charge in [-0.3, -0.25) is 19.3 Å². The van der Waals surface area contributed by atoms with Crippen LogP contribution in [0.5, 0.6) is 0 Å². The van der Waals surface area contributed by atoms with Gasteiger partial charge in [0.05, 0.1) is 35.6 Å². The van der Waals surface area contributed by atoms with Crippen molar-refractivity contribution in [3.63, 3.8) is 0 Å². The fourth-order valence-electron chi connectivity index (χ4n) is 5.56. The van der Waals surface area contributed by atoms with Crippen molar-refractivity contribution in [2.45, 2.75) is 25.9 Å². The molecule has 0 atom stereocenters. The number of aromatic carboxylic acids is 1. The molecule has 40 heavy (non-hydrogen) atoms. The third-order valence-electron chi connectivity index (χ3n) is 7.56. The second kappa shape index (κ2) is 10.4. The Balaban J connectivity index is 1.27. The van der Waals surface area contributed by atoms with Gasteiger partial charge in [0, 0.05) is 30.8 Å². The standard InChI is InChI=1S/C31H28N4O5/c36-24-7-4-12-34(17-24)18-27(37)35-15-21-8-10-23(13-22(21)16-35)32-29(19-5-2-1-3-6-19)28-25-11-9-20(31(39)40)14-26(25)33-30(28)38/h1-3,5-6,8-11,13-14,32H,4,7,12,15-18H2,(H,33,38)(H,39,40)/b29-28-. The Morgan fingerprint density at radius 3 is 2.48 bits per heavy atom. The number of carbonyl (C=O) groups excluding carboxylic acids is 3. The monoisotopic (exact) mass is 536 g/mol. The number of likely N-dealkylation sites (tertiary alicyclic amines) is 1. The lowest BCUT2D eigenvalue weighted by Crippen LogP contribution is -2.43. The smallest absolute Gasteiger partial charge is 0.335 e. The van der Waals surface area contributed by atoms with E-state index in [9.17, 15) is 24.3 Å². The molecular formula is C31H28N4O5. The molecule has 0 aromatic heterocycles. The molecule has 3 aromatic carbocycles. The summed E-state index contributed by atoms with van der Waals surface area (Å²) in [6, 6.07) is 20.0. The first-order chi connectivity index (χ1) is 19.4. The number of carbonyl (C=O) groups is 4. The number of carboxylic acid groups (broad SMARTS) is 1. The zero-order valence-corrected chi connectivity index (χ0v) is 21.8. The number of hydrogen-bond donors (Lipinski definition) is 3. The Hall–Kier alpha value is -4.76. The van der Waals surface area contributed by atoms with E-state index in [1.165, 1.54) is 12.1 Å². The van der Waals surface area contributed by atoms with Gasteiger partial charge in [-0.15, -0.1) is 0 Å². The first kappa shape index (κ1) is 25.5. The molecule has 1 saturated heterocycles. The summed E-state index contributed by atoms with van der Waals surface area (Å²) < 4.78 is 0. The van der Waals surface area contributed by atoms with Gasteiger partial charge in [-0.05, 0) is 53.9 Å². The molecule has 3 aliphatic rings. The number of nitrogens with zero attached hydrogens (tertiary/aromatic N) is 2. The Morgan fingerprint density at radius 1 is 0.900 bits per heavy atom. The van der Waals surface area contributed by atoms with Crippen molar-refractivity contribution >= 4 is 46.2 Å². The predicted octanol–water partition coefficient (Wildman–Crippen LogP) is 3.82. The summed E-state index contributed by atoms with van der Waals surface area (Å²) in [7, 11) is 0. The van der Waals surface area contributed by atoms with Crippen LogP contribution in [0, 0.1) is 0 Å². The van der Waals surface area contributed by atoms with E-state index in [2.05, 4.69) is 10.6 Å². The lowest BCUT2D eigenvalue weighted by molar-refractivity contribution is -0.134. The molecule has 3 N–H and O–H groups in total. The third kappa shape index (κ3) is 4.99. The summed E-state index contributed by atoms with van der Waals surface area (Å²) in [5.74, 6) is -1.19. The fraction of sp³-hybridized carbons (Fsp3) is 0.226. The van der Waals surface area contributed by atoms with Gasteiger partial charge < -0.3 is 20.6 Å². The molecule has 3 aliphatic heterocycles. The molecule has 9 nitrogen and oxygen atoms in total. The lowest BCUT2D eigenvalue weighted by Gasteiger charge is -2.27. The minimum Gasteiger partial charge on any atom is -0.478 e. The molecule has 0 saturated carbocycles. The van der Waals surface area contributed by atoms with Crippen LogP contribution in [0.25, 0.3) is 11.3 Å². The summed E-state index contributed by atoms with van der Waals surface area (Å²) in [6.45, 7) is 2.34. The average molecular weight is 537 g/mol. The number of hydrogen-bond acceptors (Lipinski definition) is 6. The van der Waals surface area contributed by atoms with E-state index in [4.69, 9.17) is 0 Å². The van der Waals surface area contributed by atoms with E-state index in [-0.39, 0.29) is 29.7 Å². The van der Waals surface area contributed by atoms with E-state index in [0.717, 1.165) is 35.3 Å². The molecule has 3 aromatic rings. The zero-order chi connectivity index (χ0) is 27.8. The molecule has 202 valence electrons. The largest absolute Gasteiger partial charge is 0.478 e. The van der Waals surface area contributed by atoms with Gasteiger partial charge in [0.15, 0.2) is 0 Å². The summed E-state index contributed by atoms with van der Waals surface area (Å²) >= 11 is 0. The number of nitrogens with one attached hydrogen (secondary N) is 2. The van der Waals surface area contributed by atoms with Gasteiger partial charge in [0.2, 0.25) is 5.91 Å². The van der Waals surface area contributed by atoms with Gasteiger partial charge in [0.1, 0.15) is 5.78 Å². The second-order valence-corrected chi connectivity index (χ2v) is 10.3. The maximum atomic E-state index is 13.2. The fourth-order valence-corrected chi connectivity index (χ4v) is 5.56. The maximum absolute atomic E-state index is 13.2. The van der Waals surface area contributed by atoms with Gasteiger partial charge in [-0.2, -0.15) is 0 Å². The third-order valence-corrected chi connectivity index (χ3v) is 7.56. The molecule has 6 rings (SSSR count). The van der Waals surface area contributed by atoms with Gasteiger partial charge in [0.25, 0.3) is 5.91 Å². The Kier molecular flexibility index (Phi) is 6.65. The van der Waals surface area contributed by atoms with Crippen LogP contribution in [-0.2, 0) is 27.5 Å². The predicted molar refractivity (Wildman–Crippen MR) is 150 cm³/mol. The number of amides is 2. The van der Waals surface area contributed by atoms with E-state index in [1.54, 1.807) is 6.07 Å². The van der Waals surface area contributed by atoms with Crippen molar-refractivity contribution in [1.82, 2.24) is 9.80 Å². The van der Waals surface area contributed by atoms with Crippen LogP contribution in [0.4, 0.5) is 11.4 Å². The molecular weight excluding hydrogens is 508 g/mol. The summed E-state index contributed by atoms with van der Waals surface area (Å²) in [4.78, 5) is 53.1. The average Bonchev–Trinajstić information content (AvgIpc) is 3.52. The van der Waals surface area contributed by atoms with E-state index in [1.807, 2.05) is 58.3 Å². The quantitative estimate of drug-likeness (QED) is 0.410. The highest BCUT2D eigenvalue weighted by Gasteiger charge is 2.30. The summed E-state index contributed by atoms with van der Waals surface area (Å²) in [6.07, 6.45) is 1.39. The van der Waals surface area contributed by atoms with Crippen LogP contribution in [0.2, 0.25) is 0 Å². The number of anilines is 2. The van der Waals surface area contributed by atoms with Crippen LogP contribution >= 0.6 is 0 Å². The number of rotatable bonds is 6. The van der Waals surface area contributed by atoms with Crippen molar-refractivity contribution in [3.05, 3.63) is 94.5 Å². The minimum absolute atomic E-state index is 0.00691. The number of fused-ring (bicyclic) bond motifs is 2. The highest BCUT2D eigenvalue weighted by atomic mass is 16.4. The van der Waals surface area contributed by atoms with Crippen LogP contribution in [0.1, 0.15) is 45.5 Å². The molecule has 0 radical (unpaired) electrons. The Morgan fingerprint density at radius 2 is 1.70 bits per heavy atom. The summed E-state index contributed by atoms with van der Waals surface area (Å²) in [5.41, 5.74) is 5.84. The van der Waals surface area contributed by atoms with Crippen molar-refractivity contribution in [1.29, 1.82) is 0 Å². The van der Waals surface area contributed by atoms with Crippen molar-refractivity contribution < 1.29 is 24.3 Å². The number of ketones is 1. The molecule has 1 fully saturated rings. The SMILES string of the molecule is O=C1CCCN(CC(=O)N2Cc3ccc(N/C(=C4\C(=O)Nc5cc(C(=O)O)ccc54)c4ccccc4)cc3C2)C1. The highest BCUT2D eigenvalue weighted by molar-refractivity contribution is 6.37. The van der Waals surface area contributed by atoms with Gasteiger partial charge in [-0.25, -0.2) is 4.79 Å². The van der Waals surface area contributed by atoms with Crippen LogP contribution < -0.4 is 10.6 Å². The Bertz CT molecular complexity index is 1580. The Labute approximate surface area is 231 Å². The molecule has 9 heteroatoms. The highest BCUT2D eigenvalue weighted by Crippen LogP contribution is 2.38. The van der Waals surface area contributed by atoms with Crippen LogP contribution in [0.15, 0.2) is 66.7 Å². The van der Waals surface area contributed by atoms with Gasteiger partial charge in [-0.1, -0.05) is 42.5 Å². The van der Waals surface area contributed by atoms with Gasteiger partial charge >= 0.3 is 5.97 Å². The lowest BCUT2D eigenvalue weighted by atomic mass is 9.98. The molecule has 0 bridgehead atoms. The van der Waals surface area contributed by atoms with Crippen LogP contribution in [0.3, 0.4) is 0 Å². The number of benzene rings is 3. The molecule has 0 aliphatic carbocycles. The second-order valence-electron chi connectivity index (χ2n) is 10.3. The van der Waals surface area contributed by atoms with Crippen molar-refractivity contribution in [3.8, 4) is 0 Å². The van der Waals surface area contributed by atoms with Crippen LogP contribution in [-0.4, -0.2) is 58.1 Å². The maximum Gasteiger partial charge on any atom is 0.335 e.